The van der Waals surface area contributed by atoms with Gasteiger partial charge in [-0.1, -0.05) is 29.3 Å². The lowest BCUT2D eigenvalue weighted by Crippen LogP contribution is -2.22. The number of amides is 1. The van der Waals surface area contributed by atoms with Gasteiger partial charge in [0.25, 0.3) is 5.91 Å². The topological polar surface area (TPSA) is 54.0 Å². The standard InChI is InChI=1S/C18H23N3O/c1-4-19-18(22)16-5-6-17(21-12-16)20-8-7-15-10-13(2)9-14(3)11-15/h5-6,9-12H,4,7-8H2,1-3H3,(H,19,22)(H,20,21). The SMILES string of the molecule is CCNC(=O)c1ccc(NCCc2cc(C)cc(C)c2)nc1. The van der Waals surface area contributed by atoms with Gasteiger partial charge in [0.1, 0.15) is 5.82 Å². The molecule has 0 aliphatic rings. The van der Waals surface area contributed by atoms with Crippen molar-refractivity contribution in [2.45, 2.75) is 27.2 Å². The van der Waals surface area contributed by atoms with Gasteiger partial charge in [-0.15, -0.1) is 0 Å². The maximum atomic E-state index is 11.6. The molecule has 0 fully saturated rings. The summed E-state index contributed by atoms with van der Waals surface area (Å²) in [6.45, 7) is 7.57. The van der Waals surface area contributed by atoms with Crippen LogP contribution < -0.4 is 10.6 Å². The van der Waals surface area contributed by atoms with E-state index in [0.29, 0.717) is 12.1 Å². The van der Waals surface area contributed by atoms with Crippen molar-refractivity contribution in [3.05, 3.63) is 58.8 Å². The Labute approximate surface area is 132 Å². The molecule has 2 N–H and O–H groups in total. The maximum Gasteiger partial charge on any atom is 0.252 e. The van der Waals surface area contributed by atoms with E-state index >= 15 is 0 Å². The number of nitrogens with zero attached hydrogens (tertiary/aromatic N) is 1. The highest BCUT2D eigenvalue weighted by Gasteiger charge is 2.04. The maximum absolute atomic E-state index is 11.6. The summed E-state index contributed by atoms with van der Waals surface area (Å²) in [5.74, 6) is 0.703. The van der Waals surface area contributed by atoms with E-state index in [0.717, 1.165) is 18.8 Å². The van der Waals surface area contributed by atoms with Gasteiger partial charge in [0.15, 0.2) is 0 Å². The highest BCUT2D eigenvalue weighted by Crippen LogP contribution is 2.10. The summed E-state index contributed by atoms with van der Waals surface area (Å²) in [7, 11) is 0. The number of aryl methyl sites for hydroxylation is 2. The van der Waals surface area contributed by atoms with Gasteiger partial charge < -0.3 is 10.6 Å². The first kappa shape index (κ1) is 16.0. The predicted molar refractivity (Wildman–Crippen MR) is 90.4 cm³/mol. The molecule has 1 aromatic carbocycles. The van der Waals surface area contributed by atoms with Crippen LogP contribution in [0.15, 0.2) is 36.5 Å². The summed E-state index contributed by atoms with van der Waals surface area (Å²) in [5, 5.41) is 6.04. The van der Waals surface area contributed by atoms with Gasteiger partial charge in [0.05, 0.1) is 5.56 Å². The number of carbonyl (C=O) groups is 1. The molecule has 0 saturated carbocycles. The number of aromatic nitrogens is 1. The van der Waals surface area contributed by atoms with Gasteiger partial charge in [-0.3, -0.25) is 4.79 Å². The third-order valence-electron chi connectivity index (χ3n) is 3.36. The number of benzene rings is 1. The lowest BCUT2D eigenvalue weighted by molar-refractivity contribution is 0.0955. The second kappa shape index (κ2) is 7.59. The molecule has 0 bridgehead atoms. The van der Waals surface area contributed by atoms with Crippen LogP contribution in [0.25, 0.3) is 0 Å². The van der Waals surface area contributed by atoms with Gasteiger partial charge in [-0.05, 0) is 44.9 Å². The molecule has 2 aromatic rings. The normalized spacial score (nSPS) is 10.3. The minimum absolute atomic E-state index is 0.0863. The highest BCUT2D eigenvalue weighted by molar-refractivity contribution is 5.93. The van der Waals surface area contributed by atoms with E-state index in [1.54, 1.807) is 12.3 Å². The predicted octanol–water partition coefficient (Wildman–Crippen LogP) is 3.10. The first-order chi connectivity index (χ1) is 10.6. The summed E-state index contributed by atoms with van der Waals surface area (Å²) in [4.78, 5) is 15.9. The molecule has 0 spiro atoms. The minimum Gasteiger partial charge on any atom is -0.370 e. The monoisotopic (exact) mass is 297 g/mol. The van der Waals surface area contributed by atoms with Gasteiger partial charge >= 0.3 is 0 Å². The average molecular weight is 297 g/mol. The Morgan fingerprint density at radius 3 is 2.45 bits per heavy atom. The van der Waals surface area contributed by atoms with Crippen LogP contribution in [-0.2, 0) is 6.42 Å². The molecule has 1 aromatic heterocycles. The Kier molecular flexibility index (Phi) is 5.53. The fraction of sp³-hybridized carbons (Fsp3) is 0.333. The third kappa shape index (κ3) is 4.58. The van der Waals surface area contributed by atoms with Crippen LogP contribution in [-0.4, -0.2) is 24.0 Å². The molecule has 1 heterocycles. The van der Waals surface area contributed by atoms with Crippen molar-refractivity contribution in [2.24, 2.45) is 0 Å². The quantitative estimate of drug-likeness (QED) is 0.861. The molecule has 0 atom stereocenters. The van der Waals surface area contributed by atoms with Crippen LogP contribution >= 0.6 is 0 Å². The van der Waals surface area contributed by atoms with E-state index in [1.165, 1.54) is 16.7 Å². The van der Waals surface area contributed by atoms with Gasteiger partial charge in [-0.25, -0.2) is 4.98 Å². The van der Waals surface area contributed by atoms with Crippen molar-refractivity contribution in [3.8, 4) is 0 Å². The minimum atomic E-state index is -0.0863. The summed E-state index contributed by atoms with van der Waals surface area (Å²) < 4.78 is 0. The molecule has 1 amide bonds. The zero-order valence-corrected chi connectivity index (χ0v) is 13.4. The third-order valence-corrected chi connectivity index (χ3v) is 3.36. The Balaban J connectivity index is 1.88. The lowest BCUT2D eigenvalue weighted by Gasteiger charge is -2.08. The zero-order chi connectivity index (χ0) is 15.9. The van der Waals surface area contributed by atoms with Crippen LogP contribution in [0, 0.1) is 13.8 Å². The zero-order valence-electron chi connectivity index (χ0n) is 13.4. The van der Waals surface area contributed by atoms with Crippen LogP contribution in [0.4, 0.5) is 5.82 Å². The largest absolute Gasteiger partial charge is 0.370 e. The first-order valence-electron chi connectivity index (χ1n) is 7.64. The molecular formula is C18H23N3O. The average Bonchev–Trinajstić information content (AvgIpc) is 2.47. The van der Waals surface area contributed by atoms with Crippen molar-refractivity contribution < 1.29 is 4.79 Å². The Morgan fingerprint density at radius 1 is 1.14 bits per heavy atom. The van der Waals surface area contributed by atoms with Gasteiger partial charge in [0.2, 0.25) is 0 Å². The molecule has 0 aliphatic carbocycles. The van der Waals surface area contributed by atoms with Gasteiger partial charge in [0, 0.05) is 19.3 Å². The Hall–Kier alpha value is -2.36. The smallest absolute Gasteiger partial charge is 0.252 e. The molecule has 2 rings (SSSR count). The Bertz CT molecular complexity index is 615. The molecule has 0 radical (unpaired) electrons. The van der Waals surface area contributed by atoms with E-state index in [-0.39, 0.29) is 5.91 Å². The number of hydrogen-bond donors (Lipinski definition) is 2. The summed E-state index contributed by atoms with van der Waals surface area (Å²) in [6, 6.07) is 10.2. The van der Waals surface area contributed by atoms with E-state index in [4.69, 9.17) is 0 Å². The second-order valence-corrected chi connectivity index (χ2v) is 5.46. The molecule has 0 saturated heterocycles. The summed E-state index contributed by atoms with van der Waals surface area (Å²) in [6.07, 6.45) is 2.55. The van der Waals surface area contributed by atoms with Crippen LogP contribution in [0.5, 0.6) is 0 Å². The van der Waals surface area contributed by atoms with Crippen molar-refractivity contribution in [3.63, 3.8) is 0 Å². The van der Waals surface area contributed by atoms with Crippen LogP contribution in [0.2, 0.25) is 0 Å². The highest BCUT2D eigenvalue weighted by atomic mass is 16.1. The van der Waals surface area contributed by atoms with E-state index in [1.807, 2.05) is 13.0 Å². The van der Waals surface area contributed by atoms with Crippen molar-refractivity contribution in [2.75, 3.05) is 18.4 Å². The number of rotatable bonds is 6. The van der Waals surface area contributed by atoms with Crippen molar-refractivity contribution >= 4 is 11.7 Å². The van der Waals surface area contributed by atoms with E-state index < -0.39 is 0 Å². The van der Waals surface area contributed by atoms with E-state index in [9.17, 15) is 4.79 Å². The lowest BCUT2D eigenvalue weighted by atomic mass is 10.1. The molecule has 0 unspecified atom stereocenters. The summed E-state index contributed by atoms with van der Waals surface area (Å²) in [5.41, 5.74) is 4.49. The second-order valence-electron chi connectivity index (χ2n) is 5.46. The number of hydrogen-bond acceptors (Lipinski definition) is 3. The van der Waals surface area contributed by atoms with Crippen molar-refractivity contribution in [1.29, 1.82) is 0 Å². The number of carbonyl (C=O) groups excluding carboxylic acids is 1. The van der Waals surface area contributed by atoms with Crippen molar-refractivity contribution in [1.82, 2.24) is 10.3 Å². The first-order valence-corrected chi connectivity index (χ1v) is 7.64. The van der Waals surface area contributed by atoms with E-state index in [2.05, 4.69) is 47.7 Å². The molecule has 116 valence electrons. The molecular weight excluding hydrogens is 274 g/mol. The fourth-order valence-electron chi connectivity index (χ4n) is 2.44. The summed E-state index contributed by atoms with van der Waals surface area (Å²) >= 11 is 0. The fourth-order valence-corrected chi connectivity index (χ4v) is 2.44. The number of nitrogens with one attached hydrogen (secondary N) is 2. The molecule has 0 aliphatic heterocycles. The molecule has 4 nitrogen and oxygen atoms in total. The number of anilines is 1. The molecule has 22 heavy (non-hydrogen) atoms. The van der Waals surface area contributed by atoms with Crippen LogP contribution in [0.3, 0.4) is 0 Å². The van der Waals surface area contributed by atoms with Crippen LogP contribution in [0.1, 0.15) is 34.0 Å². The Morgan fingerprint density at radius 2 is 1.86 bits per heavy atom. The molecule has 4 heteroatoms. The van der Waals surface area contributed by atoms with Gasteiger partial charge in [-0.2, -0.15) is 0 Å². The number of pyridine rings is 1.